The fourth-order valence-electron chi connectivity index (χ4n) is 0.935. The normalized spacial score (nSPS) is 23.2. The van der Waals surface area contributed by atoms with Crippen molar-refractivity contribution in [1.29, 1.82) is 0 Å². The molecule has 0 saturated carbocycles. The summed E-state index contributed by atoms with van der Waals surface area (Å²) in [6, 6.07) is 0.0337. The van der Waals surface area contributed by atoms with Gasteiger partial charge in [0.1, 0.15) is 0 Å². The third-order valence-corrected chi connectivity index (χ3v) is 1.58. The van der Waals surface area contributed by atoms with Crippen LogP contribution in [0.15, 0.2) is 0 Å². The molecule has 0 spiro atoms. The molecule has 0 aromatic rings. The number of amides is 1. The number of nitrogens with one attached hydrogen (secondary N) is 1. The number of rotatable bonds is 2. The molecule has 4 nitrogen and oxygen atoms in total. The zero-order valence-corrected chi connectivity index (χ0v) is 6.42. The summed E-state index contributed by atoms with van der Waals surface area (Å²) < 4.78 is 5.01. The number of carbonyl (C=O) groups excluding carboxylic acids is 2. The van der Waals surface area contributed by atoms with Gasteiger partial charge in [0.05, 0.1) is 12.6 Å². The Morgan fingerprint density at radius 1 is 1.55 bits per heavy atom. The maximum atomic E-state index is 10.8. The summed E-state index contributed by atoms with van der Waals surface area (Å²) in [6.07, 6.45) is 0.805. The summed E-state index contributed by atoms with van der Waals surface area (Å²) in [5.41, 5.74) is 0. The summed E-state index contributed by atoms with van der Waals surface area (Å²) in [5.74, 6) is -0.961. The van der Waals surface area contributed by atoms with Crippen LogP contribution in [-0.2, 0) is 14.3 Å². The second kappa shape index (κ2) is 3.48. The molecule has 11 heavy (non-hydrogen) atoms. The van der Waals surface area contributed by atoms with Gasteiger partial charge in [-0.1, -0.05) is 0 Å². The Morgan fingerprint density at radius 3 is 2.73 bits per heavy atom. The Labute approximate surface area is 64.9 Å². The van der Waals surface area contributed by atoms with Gasteiger partial charge < -0.3 is 10.1 Å². The van der Waals surface area contributed by atoms with E-state index in [9.17, 15) is 9.59 Å². The van der Waals surface area contributed by atoms with E-state index in [1.165, 1.54) is 6.92 Å². The molecule has 1 amide bonds. The number of carbonyl (C=O) groups is 2. The predicted octanol–water partition coefficient (Wildman–Crippen LogP) is -0.520. The highest BCUT2D eigenvalue weighted by atomic mass is 16.5. The van der Waals surface area contributed by atoms with Gasteiger partial charge in [-0.25, -0.2) is 0 Å². The molecule has 0 unspecified atom stereocenters. The van der Waals surface area contributed by atoms with Gasteiger partial charge in [-0.3, -0.25) is 9.59 Å². The fourth-order valence-corrected chi connectivity index (χ4v) is 0.935. The second-order valence-electron chi connectivity index (χ2n) is 2.59. The van der Waals surface area contributed by atoms with E-state index < -0.39 is 11.7 Å². The van der Waals surface area contributed by atoms with Crippen molar-refractivity contribution < 1.29 is 14.3 Å². The van der Waals surface area contributed by atoms with Crippen LogP contribution in [0, 0.1) is 0 Å². The lowest BCUT2D eigenvalue weighted by Gasteiger charge is -2.07. The third kappa shape index (κ3) is 2.31. The fraction of sp³-hybridized carbons (Fsp3) is 0.714. The molecule has 0 radical (unpaired) electrons. The highest BCUT2D eigenvalue weighted by Crippen LogP contribution is 2.02. The van der Waals surface area contributed by atoms with Gasteiger partial charge in [0.2, 0.25) is 5.78 Å². The molecule has 1 heterocycles. The number of ketones is 1. The molecule has 62 valence electrons. The molecule has 1 N–H and O–H groups in total. The molecule has 0 aliphatic carbocycles. The Hall–Kier alpha value is -0.900. The van der Waals surface area contributed by atoms with Crippen molar-refractivity contribution in [1.82, 2.24) is 5.32 Å². The van der Waals surface area contributed by atoms with E-state index in [0.29, 0.717) is 13.2 Å². The van der Waals surface area contributed by atoms with E-state index >= 15 is 0 Å². The molecule has 1 atom stereocenters. The average Bonchev–Trinajstić information content (AvgIpc) is 2.39. The van der Waals surface area contributed by atoms with Crippen LogP contribution in [0.1, 0.15) is 13.3 Å². The summed E-state index contributed by atoms with van der Waals surface area (Å²) in [6.45, 7) is 2.45. The van der Waals surface area contributed by atoms with E-state index in [4.69, 9.17) is 4.74 Å². The molecule has 0 aromatic carbocycles. The second-order valence-corrected chi connectivity index (χ2v) is 2.59. The minimum Gasteiger partial charge on any atom is -0.379 e. The highest BCUT2D eigenvalue weighted by Gasteiger charge is 2.19. The molecule has 1 fully saturated rings. The zero-order chi connectivity index (χ0) is 8.27. The van der Waals surface area contributed by atoms with E-state index in [1.54, 1.807) is 0 Å². The smallest absolute Gasteiger partial charge is 0.287 e. The number of hydrogen-bond donors (Lipinski definition) is 1. The lowest BCUT2D eigenvalue weighted by atomic mass is 10.2. The molecule has 1 aliphatic rings. The van der Waals surface area contributed by atoms with Crippen LogP contribution in [0.2, 0.25) is 0 Å². The largest absolute Gasteiger partial charge is 0.379 e. The summed E-state index contributed by atoms with van der Waals surface area (Å²) in [4.78, 5) is 21.3. The van der Waals surface area contributed by atoms with Crippen LogP contribution in [0.3, 0.4) is 0 Å². The molecule has 0 bridgehead atoms. The highest BCUT2D eigenvalue weighted by molar-refractivity contribution is 6.35. The van der Waals surface area contributed by atoms with Gasteiger partial charge >= 0.3 is 0 Å². The van der Waals surface area contributed by atoms with Crippen molar-refractivity contribution in [3.63, 3.8) is 0 Å². The third-order valence-electron chi connectivity index (χ3n) is 1.58. The predicted molar refractivity (Wildman–Crippen MR) is 38.0 cm³/mol. The molecule has 0 aromatic heterocycles. The molecule has 1 rings (SSSR count). The van der Waals surface area contributed by atoms with Crippen molar-refractivity contribution in [3.8, 4) is 0 Å². The standard InChI is InChI=1S/C7H11NO3/c1-5(9)7(10)8-6-2-3-11-4-6/h6H,2-4H2,1H3,(H,8,10)/t6-/m1/s1. The summed E-state index contributed by atoms with van der Waals surface area (Å²) >= 11 is 0. The Kier molecular flexibility index (Phi) is 2.59. The van der Waals surface area contributed by atoms with Gasteiger partial charge in [0, 0.05) is 13.5 Å². The lowest BCUT2D eigenvalue weighted by Crippen LogP contribution is -2.38. The van der Waals surface area contributed by atoms with Crippen LogP contribution < -0.4 is 5.32 Å². The first-order valence-corrected chi connectivity index (χ1v) is 3.59. The van der Waals surface area contributed by atoms with Crippen LogP contribution in [0.25, 0.3) is 0 Å². The lowest BCUT2D eigenvalue weighted by molar-refractivity contribution is -0.137. The summed E-state index contributed by atoms with van der Waals surface area (Å²) in [5, 5.41) is 2.56. The van der Waals surface area contributed by atoms with Gasteiger partial charge in [-0.15, -0.1) is 0 Å². The van der Waals surface area contributed by atoms with Gasteiger partial charge in [-0.05, 0) is 6.42 Å². The van der Waals surface area contributed by atoms with Crippen molar-refractivity contribution >= 4 is 11.7 Å². The van der Waals surface area contributed by atoms with Crippen LogP contribution >= 0.6 is 0 Å². The van der Waals surface area contributed by atoms with Crippen molar-refractivity contribution in [2.75, 3.05) is 13.2 Å². The van der Waals surface area contributed by atoms with E-state index in [-0.39, 0.29) is 6.04 Å². The zero-order valence-electron chi connectivity index (χ0n) is 6.42. The first-order chi connectivity index (χ1) is 5.20. The van der Waals surface area contributed by atoms with E-state index in [2.05, 4.69) is 5.32 Å². The Balaban J connectivity index is 2.29. The first kappa shape index (κ1) is 8.20. The number of Topliss-reactive ketones (excluding diaryl/α,β-unsaturated/α-hetero) is 1. The quantitative estimate of drug-likeness (QED) is 0.549. The average molecular weight is 157 g/mol. The molecule has 4 heteroatoms. The van der Waals surface area contributed by atoms with Crippen molar-refractivity contribution in [2.45, 2.75) is 19.4 Å². The maximum Gasteiger partial charge on any atom is 0.287 e. The van der Waals surface area contributed by atoms with Gasteiger partial charge in [0.25, 0.3) is 5.91 Å². The maximum absolute atomic E-state index is 10.8. The summed E-state index contributed by atoms with van der Waals surface area (Å²) in [7, 11) is 0. The minimum absolute atomic E-state index is 0.0337. The topological polar surface area (TPSA) is 55.4 Å². The van der Waals surface area contributed by atoms with Gasteiger partial charge in [0.15, 0.2) is 0 Å². The van der Waals surface area contributed by atoms with Crippen molar-refractivity contribution in [2.24, 2.45) is 0 Å². The minimum atomic E-state index is -0.513. The monoisotopic (exact) mass is 157 g/mol. The number of hydrogen-bond acceptors (Lipinski definition) is 3. The first-order valence-electron chi connectivity index (χ1n) is 3.59. The van der Waals surface area contributed by atoms with Crippen LogP contribution in [0.5, 0.6) is 0 Å². The molecular weight excluding hydrogens is 146 g/mol. The Bertz CT molecular complexity index is 173. The SMILES string of the molecule is CC(=O)C(=O)N[C@@H]1CCOC1. The molecule has 1 saturated heterocycles. The number of ether oxygens (including phenoxy) is 1. The molecular formula is C7H11NO3. The molecule has 1 aliphatic heterocycles. The van der Waals surface area contributed by atoms with E-state index in [1.807, 2.05) is 0 Å². The van der Waals surface area contributed by atoms with Crippen LogP contribution in [0.4, 0.5) is 0 Å². The Morgan fingerprint density at radius 2 is 2.27 bits per heavy atom. The van der Waals surface area contributed by atoms with Crippen molar-refractivity contribution in [3.05, 3.63) is 0 Å². The van der Waals surface area contributed by atoms with E-state index in [0.717, 1.165) is 6.42 Å². The van der Waals surface area contributed by atoms with Crippen LogP contribution in [-0.4, -0.2) is 30.9 Å². The van der Waals surface area contributed by atoms with Gasteiger partial charge in [-0.2, -0.15) is 0 Å².